The summed E-state index contributed by atoms with van der Waals surface area (Å²) in [5, 5.41) is 4.40. The van der Waals surface area contributed by atoms with E-state index in [2.05, 4.69) is 11.2 Å². The summed E-state index contributed by atoms with van der Waals surface area (Å²) < 4.78 is 13.1. The van der Waals surface area contributed by atoms with Crippen molar-refractivity contribution < 1.29 is 14.3 Å². The molecule has 6 heteroatoms. The van der Waals surface area contributed by atoms with Crippen LogP contribution in [0.3, 0.4) is 0 Å². The van der Waals surface area contributed by atoms with Crippen LogP contribution in [-0.4, -0.2) is 40.3 Å². The number of nitrogens with zero attached hydrogens (tertiary/aromatic N) is 3. The summed E-state index contributed by atoms with van der Waals surface area (Å²) in [4.78, 5) is 15.5. The first kappa shape index (κ1) is 17.3. The van der Waals surface area contributed by atoms with E-state index < -0.39 is 0 Å². The first-order valence-electron chi connectivity index (χ1n) is 10.2. The predicted octanol–water partition coefficient (Wildman–Crippen LogP) is 3.78. The van der Waals surface area contributed by atoms with Gasteiger partial charge in [0.1, 0.15) is 13.2 Å². The number of fused-ring (bicyclic) bond motifs is 2. The second-order valence-corrected chi connectivity index (χ2v) is 7.74. The number of aromatic nitrogens is 2. The highest BCUT2D eigenvalue weighted by molar-refractivity contribution is 6.01. The SMILES string of the molecule is Cn1ncc(C(=O)N2CCCC3CCCC=C32)c1-c1ccc2c(c1)OCCO2. The minimum absolute atomic E-state index is 0.0517. The van der Waals surface area contributed by atoms with Gasteiger partial charge < -0.3 is 14.4 Å². The van der Waals surface area contributed by atoms with E-state index in [0.717, 1.165) is 42.1 Å². The molecular formula is C22H25N3O3. The quantitative estimate of drug-likeness (QED) is 0.797. The third-order valence-electron chi connectivity index (χ3n) is 6.00. The molecule has 28 heavy (non-hydrogen) atoms. The van der Waals surface area contributed by atoms with Crippen molar-refractivity contribution in [2.45, 2.75) is 32.1 Å². The van der Waals surface area contributed by atoms with Crippen molar-refractivity contribution >= 4 is 5.91 Å². The third kappa shape index (κ3) is 2.87. The summed E-state index contributed by atoms with van der Waals surface area (Å²) in [7, 11) is 1.88. The molecule has 3 aliphatic rings. The number of ether oxygens (including phenoxy) is 2. The minimum Gasteiger partial charge on any atom is -0.486 e. The monoisotopic (exact) mass is 379 g/mol. The van der Waals surface area contributed by atoms with Gasteiger partial charge in [-0.3, -0.25) is 9.48 Å². The number of rotatable bonds is 2. The van der Waals surface area contributed by atoms with E-state index in [1.54, 1.807) is 10.9 Å². The van der Waals surface area contributed by atoms with Crippen LogP contribution in [0.25, 0.3) is 11.3 Å². The van der Waals surface area contributed by atoms with Gasteiger partial charge in [-0.15, -0.1) is 0 Å². The molecule has 146 valence electrons. The lowest BCUT2D eigenvalue weighted by atomic mass is 9.84. The molecule has 6 nitrogen and oxygen atoms in total. The molecule has 1 fully saturated rings. The van der Waals surface area contributed by atoms with Gasteiger partial charge in [-0.25, -0.2) is 0 Å². The molecule has 0 N–H and O–H groups in total. The summed E-state index contributed by atoms with van der Waals surface area (Å²) in [6.07, 6.45) is 9.71. The summed E-state index contributed by atoms with van der Waals surface area (Å²) in [6.45, 7) is 1.89. The molecule has 3 heterocycles. The molecule has 1 unspecified atom stereocenters. The summed E-state index contributed by atoms with van der Waals surface area (Å²) in [5.74, 6) is 2.05. The summed E-state index contributed by atoms with van der Waals surface area (Å²) in [5.41, 5.74) is 3.60. The highest BCUT2D eigenvalue weighted by Crippen LogP contribution is 2.38. The van der Waals surface area contributed by atoms with Crippen LogP contribution in [0.5, 0.6) is 11.5 Å². The number of piperidine rings is 1. The van der Waals surface area contributed by atoms with Crippen LogP contribution in [0.1, 0.15) is 42.5 Å². The van der Waals surface area contributed by atoms with E-state index in [9.17, 15) is 4.79 Å². The van der Waals surface area contributed by atoms with E-state index >= 15 is 0 Å². The molecule has 0 radical (unpaired) electrons. The molecule has 1 atom stereocenters. The van der Waals surface area contributed by atoms with Gasteiger partial charge in [-0.05, 0) is 56.2 Å². The first-order valence-corrected chi connectivity index (χ1v) is 10.2. The van der Waals surface area contributed by atoms with Crippen LogP contribution in [0, 0.1) is 5.92 Å². The number of aryl methyl sites for hydroxylation is 1. The normalized spacial score (nSPS) is 21.1. The maximum absolute atomic E-state index is 13.5. The number of hydrogen-bond donors (Lipinski definition) is 0. The molecule has 2 aromatic rings. The highest BCUT2D eigenvalue weighted by Gasteiger charge is 2.33. The fourth-order valence-electron chi connectivity index (χ4n) is 4.67. The van der Waals surface area contributed by atoms with Gasteiger partial charge in [0.05, 0.1) is 17.5 Å². The number of likely N-dealkylation sites (tertiary alicyclic amines) is 1. The molecule has 0 saturated carbocycles. The van der Waals surface area contributed by atoms with E-state index in [4.69, 9.17) is 9.47 Å². The molecule has 1 saturated heterocycles. The van der Waals surface area contributed by atoms with Crippen LogP contribution < -0.4 is 9.47 Å². The topological polar surface area (TPSA) is 56.6 Å². The molecule has 1 aliphatic carbocycles. The Morgan fingerprint density at radius 3 is 2.86 bits per heavy atom. The zero-order valence-electron chi connectivity index (χ0n) is 16.2. The van der Waals surface area contributed by atoms with Crippen molar-refractivity contribution in [3.63, 3.8) is 0 Å². The van der Waals surface area contributed by atoms with Gasteiger partial charge in [-0.1, -0.05) is 6.08 Å². The largest absolute Gasteiger partial charge is 0.486 e. The van der Waals surface area contributed by atoms with Crippen molar-refractivity contribution in [2.75, 3.05) is 19.8 Å². The average molecular weight is 379 g/mol. The van der Waals surface area contributed by atoms with Crippen LogP contribution in [0.4, 0.5) is 0 Å². The average Bonchev–Trinajstić information content (AvgIpc) is 3.14. The second kappa shape index (κ2) is 7.00. The van der Waals surface area contributed by atoms with Crippen LogP contribution in [0.15, 0.2) is 36.2 Å². The molecule has 0 spiro atoms. The summed E-state index contributed by atoms with van der Waals surface area (Å²) >= 11 is 0. The Kier molecular flexibility index (Phi) is 4.34. The Hall–Kier alpha value is -2.76. The molecule has 1 aromatic carbocycles. The van der Waals surface area contributed by atoms with E-state index in [-0.39, 0.29) is 5.91 Å². The van der Waals surface area contributed by atoms with Crippen molar-refractivity contribution in [2.24, 2.45) is 13.0 Å². The van der Waals surface area contributed by atoms with Crippen molar-refractivity contribution in [1.82, 2.24) is 14.7 Å². The van der Waals surface area contributed by atoms with Gasteiger partial charge in [0.25, 0.3) is 5.91 Å². The van der Waals surface area contributed by atoms with Gasteiger partial charge >= 0.3 is 0 Å². The zero-order chi connectivity index (χ0) is 19.1. The Bertz CT molecular complexity index is 946. The lowest BCUT2D eigenvalue weighted by molar-refractivity contribution is 0.0749. The maximum atomic E-state index is 13.5. The number of carbonyl (C=O) groups excluding carboxylic acids is 1. The number of amides is 1. The number of benzene rings is 1. The van der Waals surface area contributed by atoms with Gasteiger partial charge in [-0.2, -0.15) is 5.10 Å². The molecule has 2 aliphatic heterocycles. The van der Waals surface area contributed by atoms with E-state index in [0.29, 0.717) is 24.7 Å². The predicted molar refractivity (Wildman–Crippen MR) is 105 cm³/mol. The number of allylic oxidation sites excluding steroid dienone is 2. The number of carbonyl (C=O) groups is 1. The van der Waals surface area contributed by atoms with Crippen molar-refractivity contribution in [1.29, 1.82) is 0 Å². The smallest absolute Gasteiger partial charge is 0.261 e. The first-order chi connectivity index (χ1) is 13.7. The van der Waals surface area contributed by atoms with E-state index in [1.807, 2.05) is 30.1 Å². The van der Waals surface area contributed by atoms with Gasteiger partial charge in [0.15, 0.2) is 11.5 Å². The molecule has 0 bridgehead atoms. The maximum Gasteiger partial charge on any atom is 0.261 e. The molecule has 5 rings (SSSR count). The van der Waals surface area contributed by atoms with Gasteiger partial charge in [0, 0.05) is 24.9 Å². The fraction of sp³-hybridized carbons (Fsp3) is 0.455. The number of hydrogen-bond acceptors (Lipinski definition) is 4. The van der Waals surface area contributed by atoms with Crippen LogP contribution >= 0.6 is 0 Å². The Balaban J connectivity index is 1.52. The Labute approximate surface area is 164 Å². The lowest BCUT2D eigenvalue weighted by Gasteiger charge is -2.38. The second-order valence-electron chi connectivity index (χ2n) is 7.74. The van der Waals surface area contributed by atoms with E-state index in [1.165, 1.54) is 25.0 Å². The van der Waals surface area contributed by atoms with Gasteiger partial charge in [0.2, 0.25) is 0 Å². The fourth-order valence-corrected chi connectivity index (χ4v) is 4.67. The summed E-state index contributed by atoms with van der Waals surface area (Å²) in [6, 6.07) is 5.83. The highest BCUT2D eigenvalue weighted by atomic mass is 16.6. The molecule has 1 amide bonds. The minimum atomic E-state index is 0.0517. The Morgan fingerprint density at radius 1 is 1.14 bits per heavy atom. The lowest BCUT2D eigenvalue weighted by Crippen LogP contribution is -2.39. The Morgan fingerprint density at radius 2 is 1.96 bits per heavy atom. The van der Waals surface area contributed by atoms with Crippen molar-refractivity contribution in [3.05, 3.63) is 41.7 Å². The zero-order valence-corrected chi connectivity index (χ0v) is 16.2. The standard InChI is InChI=1S/C22H25N3O3/c1-24-21(16-8-9-19-20(13-16)28-12-11-27-19)17(14-23-24)22(26)25-10-4-6-15-5-2-3-7-18(15)25/h7-9,13-15H,2-6,10-12H2,1H3. The molecule has 1 aromatic heterocycles. The van der Waals surface area contributed by atoms with Crippen LogP contribution in [0.2, 0.25) is 0 Å². The van der Waals surface area contributed by atoms with Crippen molar-refractivity contribution in [3.8, 4) is 22.8 Å². The molecular weight excluding hydrogens is 354 g/mol. The third-order valence-corrected chi connectivity index (χ3v) is 6.00. The van der Waals surface area contributed by atoms with Crippen LogP contribution in [-0.2, 0) is 7.05 Å².